The molecule has 0 bridgehead atoms. The SMILES string of the molecule is Cc1cccc(CCc2ccc(OC(=O)N3CCN(c4cccc(C)n4)CC3)cc2)n1. The summed E-state index contributed by atoms with van der Waals surface area (Å²) in [4.78, 5) is 25.6. The first-order valence-corrected chi connectivity index (χ1v) is 10.7. The Morgan fingerprint density at radius 2 is 1.52 bits per heavy atom. The molecule has 4 rings (SSSR count). The molecule has 6 nitrogen and oxygen atoms in total. The van der Waals surface area contributed by atoms with Gasteiger partial charge in [0, 0.05) is 43.3 Å². The summed E-state index contributed by atoms with van der Waals surface area (Å²) in [5.41, 5.74) is 4.33. The van der Waals surface area contributed by atoms with Crippen molar-refractivity contribution in [2.45, 2.75) is 26.7 Å². The topological polar surface area (TPSA) is 58.6 Å². The van der Waals surface area contributed by atoms with Crippen molar-refractivity contribution in [3.05, 3.63) is 83.3 Å². The lowest BCUT2D eigenvalue weighted by atomic mass is 10.1. The van der Waals surface area contributed by atoms with Crippen LogP contribution in [0.5, 0.6) is 5.75 Å². The average molecular weight is 417 g/mol. The van der Waals surface area contributed by atoms with E-state index in [1.165, 1.54) is 5.56 Å². The third-order valence-electron chi connectivity index (χ3n) is 5.48. The quantitative estimate of drug-likeness (QED) is 0.624. The highest BCUT2D eigenvalue weighted by Gasteiger charge is 2.23. The molecular weight excluding hydrogens is 388 g/mol. The first kappa shape index (κ1) is 20.8. The molecule has 0 aliphatic carbocycles. The summed E-state index contributed by atoms with van der Waals surface area (Å²) in [5, 5.41) is 0. The van der Waals surface area contributed by atoms with Crippen molar-refractivity contribution in [2.75, 3.05) is 31.1 Å². The molecule has 160 valence electrons. The molecule has 2 aromatic heterocycles. The van der Waals surface area contributed by atoms with Gasteiger partial charge >= 0.3 is 6.09 Å². The second-order valence-corrected chi connectivity index (χ2v) is 7.89. The van der Waals surface area contributed by atoms with Gasteiger partial charge < -0.3 is 14.5 Å². The van der Waals surface area contributed by atoms with Crippen LogP contribution in [-0.4, -0.2) is 47.1 Å². The van der Waals surface area contributed by atoms with E-state index >= 15 is 0 Å². The number of piperazine rings is 1. The first-order valence-electron chi connectivity index (χ1n) is 10.7. The van der Waals surface area contributed by atoms with Gasteiger partial charge in [-0.2, -0.15) is 0 Å². The van der Waals surface area contributed by atoms with Gasteiger partial charge in [0.25, 0.3) is 0 Å². The first-order chi connectivity index (χ1) is 15.1. The second kappa shape index (κ2) is 9.60. The largest absolute Gasteiger partial charge is 0.415 e. The third-order valence-corrected chi connectivity index (χ3v) is 5.48. The number of pyridine rings is 2. The number of hydrogen-bond donors (Lipinski definition) is 0. The predicted molar refractivity (Wildman–Crippen MR) is 122 cm³/mol. The maximum Gasteiger partial charge on any atom is 0.415 e. The van der Waals surface area contributed by atoms with E-state index < -0.39 is 0 Å². The van der Waals surface area contributed by atoms with Crippen LogP contribution in [0.2, 0.25) is 0 Å². The molecule has 6 heteroatoms. The molecule has 1 fully saturated rings. The fourth-order valence-electron chi connectivity index (χ4n) is 3.72. The molecule has 1 aliphatic heterocycles. The molecule has 31 heavy (non-hydrogen) atoms. The van der Waals surface area contributed by atoms with Gasteiger partial charge in [-0.15, -0.1) is 0 Å². The van der Waals surface area contributed by atoms with Crippen LogP contribution in [0.4, 0.5) is 10.6 Å². The molecule has 0 N–H and O–H groups in total. The van der Waals surface area contributed by atoms with Gasteiger partial charge in [0.1, 0.15) is 11.6 Å². The van der Waals surface area contributed by atoms with Gasteiger partial charge in [0.2, 0.25) is 0 Å². The monoisotopic (exact) mass is 416 g/mol. The van der Waals surface area contributed by atoms with Crippen molar-refractivity contribution in [3.63, 3.8) is 0 Å². The molecule has 0 radical (unpaired) electrons. The van der Waals surface area contributed by atoms with Gasteiger partial charge in [-0.1, -0.05) is 24.3 Å². The number of aromatic nitrogens is 2. The lowest BCUT2D eigenvalue weighted by Crippen LogP contribution is -2.49. The number of hydrogen-bond acceptors (Lipinski definition) is 5. The Kier molecular flexibility index (Phi) is 6.46. The van der Waals surface area contributed by atoms with Gasteiger partial charge in [-0.25, -0.2) is 9.78 Å². The number of aryl methyl sites for hydroxylation is 4. The van der Waals surface area contributed by atoms with E-state index in [2.05, 4.69) is 20.9 Å². The normalized spacial score (nSPS) is 13.9. The minimum absolute atomic E-state index is 0.298. The fraction of sp³-hybridized carbons (Fsp3) is 0.320. The molecule has 0 atom stereocenters. The van der Waals surface area contributed by atoms with Crippen molar-refractivity contribution in [3.8, 4) is 5.75 Å². The Balaban J connectivity index is 1.26. The zero-order chi connectivity index (χ0) is 21.6. The van der Waals surface area contributed by atoms with E-state index in [1.54, 1.807) is 4.90 Å². The van der Waals surface area contributed by atoms with Crippen LogP contribution >= 0.6 is 0 Å². The minimum atomic E-state index is -0.298. The van der Waals surface area contributed by atoms with Crippen molar-refractivity contribution >= 4 is 11.9 Å². The van der Waals surface area contributed by atoms with Gasteiger partial charge in [0.05, 0.1) is 0 Å². The van der Waals surface area contributed by atoms with Crippen molar-refractivity contribution in [1.82, 2.24) is 14.9 Å². The van der Waals surface area contributed by atoms with Crippen LogP contribution in [-0.2, 0) is 12.8 Å². The van der Waals surface area contributed by atoms with Crippen LogP contribution in [0, 0.1) is 13.8 Å². The molecule has 1 saturated heterocycles. The molecule has 1 aliphatic rings. The molecule has 0 saturated carbocycles. The summed E-state index contributed by atoms with van der Waals surface area (Å²) in [7, 11) is 0. The minimum Gasteiger partial charge on any atom is -0.410 e. The lowest BCUT2D eigenvalue weighted by molar-refractivity contribution is 0.149. The van der Waals surface area contributed by atoms with E-state index in [9.17, 15) is 4.79 Å². The zero-order valence-electron chi connectivity index (χ0n) is 18.1. The van der Waals surface area contributed by atoms with Crippen molar-refractivity contribution in [2.24, 2.45) is 0 Å². The van der Waals surface area contributed by atoms with E-state index in [0.29, 0.717) is 18.8 Å². The van der Waals surface area contributed by atoms with Crippen molar-refractivity contribution in [1.29, 1.82) is 0 Å². The third kappa shape index (κ3) is 5.60. The number of nitrogens with zero attached hydrogens (tertiary/aromatic N) is 4. The Bertz CT molecular complexity index is 1030. The highest BCUT2D eigenvalue weighted by Crippen LogP contribution is 2.17. The van der Waals surface area contributed by atoms with Crippen LogP contribution in [0.3, 0.4) is 0 Å². The van der Waals surface area contributed by atoms with E-state index in [0.717, 1.165) is 48.8 Å². The van der Waals surface area contributed by atoms with Crippen LogP contribution in [0.25, 0.3) is 0 Å². The van der Waals surface area contributed by atoms with Crippen LogP contribution in [0.15, 0.2) is 60.7 Å². The molecular formula is C25H28N4O2. The summed E-state index contributed by atoms with van der Waals surface area (Å²) in [6.45, 7) is 6.73. The molecule has 3 aromatic rings. The Labute approximate surface area is 183 Å². The highest BCUT2D eigenvalue weighted by atomic mass is 16.6. The standard InChI is InChI=1S/C25H28N4O2/c1-19-5-3-7-22(26-19)12-9-21-10-13-23(14-11-21)31-25(30)29-17-15-28(16-18-29)24-8-4-6-20(2)27-24/h3-8,10-11,13-14H,9,12,15-18H2,1-2H3. The van der Waals surface area contributed by atoms with Crippen LogP contribution < -0.4 is 9.64 Å². The maximum absolute atomic E-state index is 12.6. The summed E-state index contributed by atoms with van der Waals surface area (Å²) in [6, 6.07) is 19.9. The summed E-state index contributed by atoms with van der Waals surface area (Å²) in [6.07, 6.45) is 1.49. The number of rotatable bonds is 5. The zero-order valence-corrected chi connectivity index (χ0v) is 18.1. The maximum atomic E-state index is 12.6. The lowest BCUT2D eigenvalue weighted by Gasteiger charge is -2.34. The average Bonchev–Trinajstić information content (AvgIpc) is 2.79. The molecule has 1 amide bonds. The molecule has 1 aromatic carbocycles. The second-order valence-electron chi connectivity index (χ2n) is 7.89. The number of anilines is 1. The summed E-state index contributed by atoms with van der Waals surface area (Å²) >= 11 is 0. The molecule has 3 heterocycles. The Morgan fingerprint density at radius 1 is 0.839 bits per heavy atom. The van der Waals surface area contributed by atoms with Gasteiger partial charge in [-0.05, 0) is 68.7 Å². The summed E-state index contributed by atoms with van der Waals surface area (Å²) < 4.78 is 5.59. The number of benzene rings is 1. The van der Waals surface area contributed by atoms with E-state index in [4.69, 9.17) is 4.74 Å². The summed E-state index contributed by atoms with van der Waals surface area (Å²) in [5.74, 6) is 1.54. The van der Waals surface area contributed by atoms with Crippen LogP contribution in [0.1, 0.15) is 22.6 Å². The number of carbonyl (C=O) groups is 1. The molecule has 0 unspecified atom stereocenters. The number of carbonyl (C=O) groups excluding carboxylic acids is 1. The Morgan fingerprint density at radius 3 is 2.19 bits per heavy atom. The van der Waals surface area contributed by atoms with Gasteiger partial charge in [0.15, 0.2) is 0 Å². The smallest absolute Gasteiger partial charge is 0.410 e. The van der Waals surface area contributed by atoms with E-state index in [-0.39, 0.29) is 6.09 Å². The number of amides is 1. The highest BCUT2D eigenvalue weighted by molar-refractivity contribution is 5.71. The fourth-order valence-corrected chi connectivity index (χ4v) is 3.72. The predicted octanol–water partition coefficient (Wildman–Crippen LogP) is 4.20. The number of ether oxygens (including phenoxy) is 1. The molecule has 0 spiro atoms. The Hall–Kier alpha value is -3.41. The van der Waals surface area contributed by atoms with Gasteiger partial charge in [-0.3, -0.25) is 4.98 Å². The van der Waals surface area contributed by atoms with Crippen molar-refractivity contribution < 1.29 is 9.53 Å². The van der Waals surface area contributed by atoms with E-state index in [1.807, 2.05) is 68.4 Å².